The van der Waals surface area contributed by atoms with Gasteiger partial charge in [-0.15, -0.1) is 13.2 Å². The van der Waals surface area contributed by atoms with Crippen molar-refractivity contribution in [2.75, 3.05) is 79.5 Å². The summed E-state index contributed by atoms with van der Waals surface area (Å²) in [5.74, 6) is 0. The maximum absolute atomic E-state index is 6.21. The van der Waals surface area contributed by atoms with Gasteiger partial charge in [-0.05, 0) is 42.4 Å². The van der Waals surface area contributed by atoms with E-state index >= 15 is 0 Å². The van der Waals surface area contributed by atoms with Gasteiger partial charge >= 0.3 is 0 Å². The molecule has 3 rings (SSSR count). The highest BCUT2D eigenvalue weighted by Crippen LogP contribution is 2.42. The summed E-state index contributed by atoms with van der Waals surface area (Å²) in [6.07, 6.45) is 37.5. The normalized spacial score (nSPS) is 11.7. The molecule has 0 fully saturated rings. The second-order valence-electron chi connectivity index (χ2n) is 18.6. The minimum Gasteiger partial charge on any atom is -0.377 e. The predicted octanol–water partition coefficient (Wildman–Crippen LogP) is 15.8. The molecular weight excluding hydrogens is 843 g/mol. The van der Waals surface area contributed by atoms with Crippen molar-refractivity contribution in [3.8, 4) is 0 Å². The zero-order valence-electron chi connectivity index (χ0n) is 43.0. The summed E-state index contributed by atoms with van der Waals surface area (Å²) >= 11 is 0. The molecular formula is C61H97NO6. The van der Waals surface area contributed by atoms with E-state index in [1.165, 1.54) is 171 Å². The van der Waals surface area contributed by atoms with Crippen molar-refractivity contribution in [3.05, 3.63) is 133 Å². The Labute approximate surface area is 416 Å². The van der Waals surface area contributed by atoms with Crippen LogP contribution in [0.25, 0.3) is 0 Å². The van der Waals surface area contributed by atoms with Crippen LogP contribution in [0.15, 0.2) is 116 Å². The highest BCUT2D eigenvalue weighted by Gasteiger charge is 2.41. The van der Waals surface area contributed by atoms with Gasteiger partial charge in [0.1, 0.15) is 13.6 Å². The number of hydrogen-bond donors (Lipinski definition) is 0. The molecule has 0 aliphatic carbocycles. The molecule has 0 amide bonds. The zero-order chi connectivity index (χ0) is 47.9. The van der Waals surface area contributed by atoms with E-state index in [2.05, 4.69) is 109 Å². The Morgan fingerprint density at radius 1 is 0.309 bits per heavy atom. The molecule has 0 saturated heterocycles. The van der Waals surface area contributed by atoms with E-state index in [-0.39, 0.29) is 0 Å². The zero-order valence-corrected chi connectivity index (χ0v) is 43.0. The van der Waals surface area contributed by atoms with Gasteiger partial charge in [0, 0.05) is 39.5 Å². The number of hydrogen-bond acceptors (Lipinski definition) is 7. The fourth-order valence-electron chi connectivity index (χ4n) is 9.27. The molecule has 0 aromatic heterocycles. The van der Waals surface area contributed by atoms with Gasteiger partial charge in [0.25, 0.3) is 0 Å². The molecule has 0 N–H and O–H groups in total. The SMILES string of the molecule is C=CCOCCCCCCCCCCCCCCCOCOCCN(CCOCOCCCCCCCCCCCCCCCOCC=C)C(c1ccccc1)(c1ccccc1)c1ccccc1. The molecule has 0 radical (unpaired) electrons. The molecule has 3 aromatic rings. The Morgan fingerprint density at radius 2 is 0.544 bits per heavy atom. The van der Waals surface area contributed by atoms with Crippen LogP contribution in [0.4, 0.5) is 0 Å². The van der Waals surface area contributed by atoms with Crippen molar-refractivity contribution in [1.29, 1.82) is 0 Å². The van der Waals surface area contributed by atoms with Gasteiger partial charge < -0.3 is 28.4 Å². The van der Waals surface area contributed by atoms with Crippen molar-refractivity contribution < 1.29 is 28.4 Å². The average Bonchev–Trinajstić information content (AvgIpc) is 3.38. The lowest BCUT2D eigenvalue weighted by Crippen LogP contribution is -2.50. The number of benzene rings is 3. The van der Waals surface area contributed by atoms with Crippen LogP contribution in [0.1, 0.15) is 184 Å². The van der Waals surface area contributed by atoms with E-state index in [0.717, 1.165) is 39.3 Å². The summed E-state index contributed by atoms with van der Waals surface area (Å²) in [4.78, 5) is 2.53. The lowest BCUT2D eigenvalue weighted by atomic mass is 9.75. The molecule has 0 aliphatic rings. The first-order valence-corrected chi connectivity index (χ1v) is 27.4. The molecule has 382 valence electrons. The minimum absolute atomic E-state index is 0.310. The van der Waals surface area contributed by atoms with Crippen LogP contribution in [0.3, 0.4) is 0 Å². The van der Waals surface area contributed by atoms with Gasteiger partial charge in [-0.3, -0.25) is 4.90 Å². The summed E-state index contributed by atoms with van der Waals surface area (Å²) in [6, 6.07) is 32.7. The van der Waals surface area contributed by atoms with Crippen molar-refractivity contribution in [2.45, 2.75) is 172 Å². The highest BCUT2D eigenvalue weighted by molar-refractivity contribution is 5.49. The van der Waals surface area contributed by atoms with Crippen molar-refractivity contribution in [1.82, 2.24) is 4.90 Å². The molecule has 68 heavy (non-hydrogen) atoms. The van der Waals surface area contributed by atoms with E-state index < -0.39 is 5.54 Å². The van der Waals surface area contributed by atoms with E-state index in [9.17, 15) is 0 Å². The van der Waals surface area contributed by atoms with E-state index in [1.807, 2.05) is 12.2 Å². The summed E-state index contributed by atoms with van der Waals surface area (Å²) in [5, 5.41) is 0. The molecule has 0 unspecified atom stereocenters. The van der Waals surface area contributed by atoms with Crippen molar-refractivity contribution in [2.24, 2.45) is 0 Å². The van der Waals surface area contributed by atoms with Crippen molar-refractivity contribution >= 4 is 0 Å². The first kappa shape index (κ1) is 59.2. The Kier molecular flexibility index (Phi) is 38.2. The molecule has 0 atom stereocenters. The number of ether oxygens (including phenoxy) is 6. The van der Waals surface area contributed by atoms with Gasteiger partial charge in [0.2, 0.25) is 0 Å². The molecule has 0 saturated carbocycles. The van der Waals surface area contributed by atoms with E-state index in [0.29, 0.717) is 53.1 Å². The Bertz CT molecular complexity index is 1370. The summed E-state index contributed by atoms with van der Waals surface area (Å²) in [5.41, 5.74) is 3.09. The summed E-state index contributed by atoms with van der Waals surface area (Å²) in [7, 11) is 0. The summed E-state index contributed by atoms with van der Waals surface area (Å²) in [6.45, 7) is 15.1. The smallest absolute Gasteiger partial charge is 0.146 e. The number of rotatable bonds is 50. The van der Waals surface area contributed by atoms with Crippen LogP contribution in [0.5, 0.6) is 0 Å². The van der Waals surface area contributed by atoms with Crippen LogP contribution in [0, 0.1) is 0 Å². The highest BCUT2D eigenvalue weighted by atomic mass is 16.7. The standard InChI is InChI=1S/C61H97NO6/c1-3-48-63-50-36-23-19-15-11-7-5-9-13-17-21-25-38-52-65-56-67-54-46-62(61(58-40-30-27-31-41-58,59-42-32-28-33-43-59)60-44-34-29-35-45-60)47-55-68-57-66-53-39-26-22-18-14-10-6-8-12-16-20-24-37-51-64-49-4-2/h3-4,27-35,40-45H,1-2,5-26,36-39,46-57H2. The van der Waals surface area contributed by atoms with Gasteiger partial charge in [-0.2, -0.15) is 0 Å². The van der Waals surface area contributed by atoms with Gasteiger partial charge in [0.15, 0.2) is 0 Å². The van der Waals surface area contributed by atoms with Crippen molar-refractivity contribution in [3.63, 3.8) is 0 Å². The molecule has 0 bridgehead atoms. The Balaban J connectivity index is 1.34. The Hall–Kier alpha value is -3.14. The third kappa shape index (κ3) is 27.9. The van der Waals surface area contributed by atoms with Gasteiger partial charge in [-0.1, -0.05) is 244 Å². The lowest BCUT2D eigenvalue weighted by Gasteiger charge is -2.45. The van der Waals surface area contributed by atoms with Crippen LogP contribution in [0.2, 0.25) is 0 Å². The van der Waals surface area contributed by atoms with Gasteiger partial charge in [-0.25, -0.2) is 0 Å². The van der Waals surface area contributed by atoms with E-state index in [4.69, 9.17) is 28.4 Å². The second kappa shape index (κ2) is 43.8. The second-order valence-corrected chi connectivity index (χ2v) is 18.6. The Morgan fingerprint density at radius 3 is 0.809 bits per heavy atom. The predicted molar refractivity (Wildman–Crippen MR) is 286 cm³/mol. The molecule has 7 heteroatoms. The van der Waals surface area contributed by atoms with Gasteiger partial charge in [0.05, 0.1) is 32.0 Å². The van der Waals surface area contributed by atoms with Crippen LogP contribution in [-0.4, -0.2) is 84.4 Å². The third-order valence-corrected chi connectivity index (χ3v) is 13.0. The number of nitrogens with zero attached hydrogens (tertiary/aromatic N) is 1. The van der Waals surface area contributed by atoms with E-state index in [1.54, 1.807) is 0 Å². The minimum atomic E-state index is -0.555. The number of unbranched alkanes of at least 4 members (excludes halogenated alkanes) is 24. The molecule has 3 aromatic carbocycles. The fraction of sp³-hybridized carbons (Fsp3) is 0.639. The molecule has 0 spiro atoms. The molecule has 7 nitrogen and oxygen atoms in total. The fourth-order valence-corrected chi connectivity index (χ4v) is 9.27. The maximum atomic E-state index is 6.21. The topological polar surface area (TPSA) is 58.6 Å². The first-order valence-electron chi connectivity index (χ1n) is 27.4. The largest absolute Gasteiger partial charge is 0.377 e. The van der Waals surface area contributed by atoms with Crippen LogP contribution >= 0.6 is 0 Å². The monoisotopic (exact) mass is 940 g/mol. The first-order chi connectivity index (χ1) is 33.8. The molecule has 0 aliphatic heterocycles. The molecule has 0 heterocycles. The summed E-state index contributed by atoms with van der Waals surface area (Å²) < 4.78 is 35.3. The van der Waals surface area contributed by atoms with Crippen LogP contribution < -0.4 is 0 Å². The lowest BCUT2D eigenvalue weighted by molar-refractivity contribution is -0.0754. The van der Waals surface area contributed by atoms with Crippen LogP contribution in [-0.2, 0) is 34.0 Å². The maximum Gasteiger partial charge on any atom is 0.146 e. The quantitative estimate of drug-likeness (QED) is 0.0242. The average molecular weight is 940 g/mol. The third-order valence-electron chi connectivity index (χ3n) is 13.0.